The van der Waals surface area contributed by atoms with E-state index in [-0.39, 0.29) is 25.9 Å². The van der Waals surface area contributed by atoms with Gasteiger partial charge in [-0.3, -0.25) is 14.4 Å². The predicted octanol–water partition coefficient (Wildman–Crippen LogP) is 18.0. The summed E-state index contributed by atoms with van der Waals surface area (Å²) in [4.78, 5) is 51.4. The molecule has 0 aromatic rings. The van der Waals surface area contributed by atoms with Crippen LogP contribution in [0.1, 0.15) is 278 Å². The first-order chi connectivity index (χ1) is 40.6. The quantitative estimate of drug-likeness (QED) is 0.0228. The molecule has 6 atom stereocenters. The third-order valence-electron chi connectivity index (χ3n) is 14.6. The van der Waals surface area contributed by atoms with Gasteiger partial charge in [0.25, 0.3) is 0 Å². The third-order valence-corrected chi connectivity index (χ3v) is 14.6. The van der Waals surface area contributed by atoms with Gasteiger partial charge >= 0.3 is 23.9 Å². The Hall–Kier alpha value is -4.36. The zero-order valence-electron chi connectivity index (χ0n) is 52.4. The van der Waals surface area contributed by atoms with E-state index in [1.165, 1.54) is 96.3 Å². The molecule has 1 fully saturated rings. The van der Waals surface area contributed by atoms with E-state index in [1.54, 1.807) is 0 Å². The molecule has 1 aliphatic rings. The first-order valence-electron chi connectivity index (χ1n) is 33.2. The third kappa shape index (κ3) is 47.6. The van der Waals surface area contributed by atoms with Crippen molar-refractivity contribution in [2.45, 2.75) is 314 Å². The molecule has 1 saturated heterocycles. The number of ether oxygens (including phenoxy) is 5. The lowest BCUT2D eigenvalue weighted by atomic mass is 9.98. The molecule has 3 N–H and O–H groups in total. The van der Waals surface area contributed by atoms with Gasteiger partial charge in [-0.25, -0.2) is 4.79 Å². The number of esters is 3. The van der Waals surface area contributed by atoms with Crippen molar-refractivity contribution < 1.29 is 58.2 Å². The van der Waals surface area contributed by atoms with Crippen molar-refractivity contribution in [1.82, 2.24) is 0 Å². The number of allylic oxidation sites excluding steroid dienone is 16. The van der Waals surface area contributed by atoms with E-state index in [0.717, 1.165) is 122 Å². The van der Waals surface area contributed by atoms with Crippen LogP contribution in [0, 0.1) is 0 Å². The number of aliphatic hydroxyl groups excluding tert-OH is 2. The summed E-state index contributed by atoms with van der Waals surface area (Å²) in [7, 11) is 0. The lowest BCUT2D eigenvalue weighted by Gasteiger charge is -2.40. The minimum absolute atomic E-state index is 0.0167. The van der Waals surface area contributed by atoms with Crippen LogP contribution in [-0.2, 0) is 42.9 Å². The predicted molar refractivity (Wildman–Crippen MR) is 340 cm³/mol. The van der Waals surface area contributed by atoms with Gasteiger partial charge in [-0.05, 0) is 122 Å². The first-order valence-corrected chi connectivity index (χ1v) is 33.2. The van der Waals surface area contributed by atoms with Crippen LogP contribution in [0.5, 0.6) is 0 Å². The molecule has 474 valence electrons. The van der Waals surface area contributed by atoms with Crippen LogP contribution in [-0.4, -0.2) is 89.2 Å². The summed E-state index contributed by atoms with van der Waals surface area (Å²) < 4.78 is 28.5. The number of unbranched alkanes of at least 4 members (excludes halogenated alkanes) is 26. The zero-order chi connectivity index (χ0) is 60.3. The van der Waals surface area contributed by atoms with E-state index in [4.69, 9.17) is 23.7 Å². The molecule has 12 heteroatoms. The molecular weight excluding hydrogens is 1040 g/mol. The monoisotopic (exact) mass is 1160 g/mol. The van der Waals surface area contributed by atoms with Crippen LogP contribution >= 0.6 is 0 Å². The summed E-state index contributed by atoms with van der Waals surface area (Å²) in [5.74, 6) is -3.17. The van der Waals surface area contributed by atoms with Gasteiger partial charge in [0.2, 0.25) is 0 Å². The second kappa shape index (κ2) is 58.0. The van der Waals surface area contributed by atoms with E-state index >= 15 is 0 Å². The normalized spacial score (nSPS) is 18.2. The van der Waals surface area contributed by atoms with Crippen LogP contribution in [0.3, 0.4) is 0 Å². The molecule has 0 radical (unpaired) electrons. The van der Waals surface area contributed by atoms with Gasteiger partial charge < -0.3 is 39.0 Å². The van der Waals surface area contributed by atoms with Crippen LogP contribution < -0.4 is 0 Å². The molecule has 0 aliphatic carbocycles. The fourth-order valence-corrected chi connectivity index (χ4v) is 9.54. The maximum Gasteiger partial charge on any atom is 0.335 e. The second-order valence-electron chi connectivity index (χ2n) is 22.4. The SMILES string of the molecule is CC/C=C\C/C=C\C/C=C\C/C=C\C/C=C\CCCCCC(=O)OC1C(OCC(COC(=O)CCCCCCCCC/C=C\C/C=C\CCCCC)OC(=O)CCCCCCCCC/C=C\CCCCCCCC)OC(C(=O)O)C(O)C1O. The maximum absolute atomic E-state index is 13.2. The van der Waals surface area contributed by atoms with Crippen molar-refractivity contribution in [2.75, 3.05) is 13.2 Å². The fraction of sp³-hybridized carbons (Fsp3) is 0.718. The summed E-state index contributed by atoms with van der Waals surface area (Å²) in [6.45, 7) is 5.85. The molecule has 1 aliphatic heterocycles. The number of aliphatic hydroxyl groups is 2. The number of carbonyl (C=O) groups excluding carboxylic acids is 3. The molecule has 12 nitrogen and oxygen atoms in total. The van der Waals surface area contributed by atoms with Gasteiger partial charge in [-0.2, -0.15) is 0 Å². The van der Waals surface area contributed by atoms with Crippen LogP contribution in [0.25, 0.3) is 0 Å². The molecule has 0 spiro atoms. The highest BCUT2D eigenvalue weighted by Crippen LogP contribution is 2.26. The molecule has 0 amide bonds. The Kier molecular flexibility index (Phi) is 53.6. The van der Waals surface area contributed by atoms with Gasteiger partial charge in [0.15, 0.2) is 24.6 Å². The highest BCUT2D eigenvalue weighted by molar-refractivity contribution is 5.74. The Labute approximate surface area is 504 Å². The number of carbonyl (C=O) groups is 4. The molecule has 0 aromatic heterocycles. The molecule has 0 saturated carbocycles. The van der Waals surface area contributed by atoms with E-state index in [1.807, 2.05) is 0 Å². The molecule has 6 unspecified atom stereocenters. The first kappa shape index (κ1) is 76.7. The molecule has 83 heavy (non-hydrogen) atoms. The van der Waals surface area contributed by atoms with Crippen molar-refractivity contribution in [1.29, 1.82) is 0 Å². The Balaban J connectivity index is 2.69. The second-order valence-corrected chi connectivity index (χ2v) is 22.4. The molecular formula is C71H118O12. The van der Waals surface area contributed by atoms with Crippen molar-refractivity contribution in [3.8, 4) is 0 Å². The molecule has 0 aromatic carbocycles. The van der Waals surface area contributed by atoms with Crippen molar-refractivity contribution >= 4 is 23.9 Å². The van der Waals surface area contributed by atoms with Crippen LogP contribution in [0.2, 0.25) is 0 Å². The summed E-state index contributed by atoms with van der Waals surface area (Å²) in [6.07, 6.45) is 65.0. The zero-order valence-corrected chi connectivity index (χ0v) is 52.4. The largest absolute Gasteiger partial charge is 0.479 e. The Bertz CT molecular complexity index is 1810. The molecule has 1 heterocycles. The van der Waals surface area contributed by atoms with E-state index < -0.39 is 67.3 Å². The van der Waals surface area contributed by atoms with Crippen molar-refractivity contribution in [2.24, 2.45) is 0 Å². The standard InChI is InChI=1S/C71H118O12/c1-4-7-10-13-16-19-22-25-28-31-32-35-38-41-44-47-50-53-56-59-65(74)82-69-67(76)66(75)68(70(77)78)83-71(69)80-61-62(81-64(73)58-55-52-49-46-43-40-37-34-30-27-24-21-18-15-12-9-6-3)60-79-63(72)57-54-51-48-45-42-39-36-33-29-26-23-20-17-14-11-8-5-2/h7,10,16-17,19-20,25-30,32,35,41,44,62,66-69,71,75-76H,4-6,8-9,11-15,18,21-24,31,33-34,36-40,42-43,45-61H2,1-3H3,(H,77,78)/b10-7-,19-16-,20-17-,28-25-,29-26-,30-27-,35-32-,44-41-. The van der Waals surface area contributed by atoms with Gasteiger partial charge in [0.1, 0.15) is 18.8 Å². The Morgan fingerprint density at radius 1 is 0.410 bits per heavy atom. The number of aliphatic carboxylic acids is 1. The van der Waals surface area contributed by atoms with Crippen LogP contribution in [0.4, 0.5) is 0 Å². The van der Waals surface area contributed by atoms with Gasteiger partial charge in [-0.1, -0.05) is 234 Å². The van der Waals surface area contributed by atoms with E-state index in [0.29, 0.717) is 19.3 Å². The minimum Gasteiger partial charge on any atom is -0.479 e. The lowest BCUT2D eigenvalue weighted by Crippen LogP contribution is -2.61. The number of hydrogen-bond donors (Lipinski definition) is 3. The fourth-order valence-electron chi connectivity index (χ4n) is 9.54. The topological polar surface area (TPSA) is 175 Å². The van der Waals surface area contributed by atoms with Gasteiger partial charge in [0, 0.05) is 19.3 Å². The highest BCUT2D eigenvalue weighted by atomic mass is 16.7. The van der Waals surface area contributed by atoms with Crippen molar-refractivity contribution in [3.05, 3.63) is 97.2 Å². The summed E-state index contributed by atoms with van der Waals surface area (Å²) in [5.41, 5.74) is 0. The number of rotatable bonds is 56. The van der Waals surface area contributed by atoms with E-state index in [2.05, 4.69) is 118 Å². The summed E-state index contributed by atoms with van der Waals surface area (Å²) in [6, 6.07) is 0. The summed E-state index contributed by atoms with van der Waals surface area (Å²) in [5, 5.41) is 31.6. The molecule has 0 bridgehead atoms. The number of carboxylic acid groups (broad SMARTS) is 1. The lowest BCUT2D eigenvalue weighted by molar-refractivity contribution is -0.301. The number of hydrogen-bond acceptors (Lipinski definition) is 11. The highest BCUT2D eigenvalue weighted by Gasteiger charge is 2.50. The smallest absolute Gasteiger partial charge is 0.335 e. The maximum atomic E-state index is 13.2. The number of carboxylic acids is 1. The Morgan fingerprint density at radius 2 is 0.759 bits per heavy atom. The average Bonchev–Trinajstić information content (AvgIpc) is 3.55. The van der Waals surface area contributed by atoms with Gasteiger partial charge in [0.05, 0.1) is 6.61 Å². The van der Waals surface area contributed by atoms with Crippen LogP contribution in [0.15, 0.2) is 97.2 Å². The van der Waals surface area contributed by atoms with Gasteiger partial charge in [-0.15, -0.1) is 0 Å². The summed E-state index contributed by atoms with van der Waals surface area (Å²) >= 11 is 0. The van der Waals surface area contributed by atoms with Crippen molar-refractivity contribution in [3.63, 3.8) is 0 Å². The van der Waals surface area contributed by atoms with E-state index in [9.17, 15) is 34.5 Å². The molecule has 1 rings (SSSR count). The average molecular weight is 1160 g/mol. The Morgan fingerprint density at radius 3 is 1.20 bits per heavy atom. The minimum atomic E-state index is -1.92.